The van der Waals surface area contributed by atoms with Gasteiger partial charge in [0.05, 0.1) is 0 Å². The summed E-state index contributed by atoms with van der Waals surface area (Å²) >= 11 is 0. The van der Waals surface area contributed by atoms with Crippen LogP contribution in [0.1, 0.15) is 43.2 Å². The second-order valence-corrected chi connectivity index (χ2v) is 5.97. The Morgan fingerprint density at radius 2 is 1.86 bits per heavy atom. The summed E-state index contributed by atoms with van der Waals surface area (Å²) in [6.45, 7) is 4.45. The van der Waals surface area contributed by atoms with Crippen molar-refractivity contribution < 1.29 is 9.59 Å². The van der Waals surface area contributed by atoms with E-state index >= 15 is 0 Å². The van der Waals surface area contributed by atoms with Crippen LogP contribution in [-0.2, 0) is 9.59 Å². The van der Waals surface area contributed by atoms with Crippen molar-refractivity contribution in [3.05, 3.63) is 29.3 Å². The minimum atomic E-state index is -0.588. The van der Waals surface area contributed by atoms with Crippen LogP contribution < -0.4 is 10.6 Å². The van der Waals surface area contributed by atoms with Gasteiger partial charge in [0, 0.05) is 12.2 Å². The average molecular weight is 288 g/mol. The van der Waals surface area contributed by atoms with E-state index in [1.807, 2.05) is 32.0 Å². The molecule has 2 N–H and O–H groups in total. The number of carbonyl (C=O) groups is 2. The third kappa shape index (κ3) is 4.59. The second-order valence-electron chi connectivity index (χ2n) is 5.97. The van der Waals surface area contributed by atoms with Gasteiger partial charge in [0.1, 0.15) is 0 Å². The largest absolute Gasteiger partial charge is 0.348 e. The van der Waals surface area contributed by atoms with Crippen molar-refractivity contribution in [1.29, 1.82) is 0 Å². The lowest BCUT2D eigenvalue weighted by atomic mass is 10.0. The van der Waals surface area contributed by atoms with Crippen molar-refractivity contribution in [2.45, 2.75) is 46.0 Å². The van der Waals surface area contributed by atoms with Gasteiger partial charge in [-0.25, -0.2) is 0 Å². The number of amides is 2. The Hall–Kier alpha value is -1.84. The monoisotopic (exact) mass is 288 g/mol. The predicted molar refractivity (Wildman–Crippen MR) is 84.1 cm³/mol. The van der Waals surface area contributed by atoms with Crippen LogP contribution in [0.3, 0.4) is 0 Å². The van der Waals surface area contributed by atoms with Crippen LogP contribution in [0.25, 0.3) is 0 Å². The van der Waals surface area contributed by atoms with Gasteiger partial charge in [-0.15, -0.1) is 0 Å². The van der Waals surface area contributed by atoms with Gasteiger partial charge in [-0.1, -0.05) is 37.8 Å². The average Bonchev–Trinajstić information content (AvgIpc) is 2.96. The molecule has 0 heterocycles. The van der Waals surface area contributed by atoms with E-state index in [2.05, 4.69) is 10.6 Å². The number of anilines is 1. The summed E-state index contributed by atoms with van der Waals surface area (Å²) in [7, 11) is 0. The van der Waals surface area contributed by atoms with Crippen molar-refractivity contribution in [2.24, 2.45) is 5.92 Å². The molecule has 1 aromatic carbocycles. The lowest BCUT2D eigenvalue weighted by Crippen LogP contribution is -2.36. The first-order valence-corrected chi connectivity index (χ1v) is 7.72. The van der Waals surface area contributed by atoms with E-state index in [-0.39, 0.29) is 0 Å². The molecule has 1 aromatic rings. The molecule has 0 aromatic heterocycles. The highest BCUT2D eigenvalue weighted by atomic mass is 16.2. The minimum Gasteiger partial charge on any atom is -0.348 e. The summed E-state index contributed by atoms with van der Waals surface area (Å²) in [5.41, 5.74) is 2.70. The fraction of sp³-hybridized carbons (Fsp3) is 0.529. The fourth-order valence-corrected chi connectivity index (χ4v) is 2.82. The van der Waals surface area contributed by atoms with Gasteiger partial charge in [0.2, 0.25) is 0 Å². The molecule has 0 spiro atoms. The zero-order valence-electron chi connectivity index (χ0n) is 12.9. The number of benzene rings is 1. The highest BCUT2D eigenvalue weighted by Crippen LogP contribution is 2.26. The molecule has 0 bridgehead atoms. The first-order valence-electron chi connectivity index (χ1n) is 7.72. The third-order valence-corrected chi connectivity index (χ3v) is 4.16. The van der Waals surface area contributed by atoms with Gasteiger partial charge in [0.25, 0.3) is 0 Å². The van der Waals surface area contributed by atoms with Gasteiger partial charge in [-0.2, -0.15) is 0 Å². The molecule has 0 atom stereocenters. The smallest absolute Gasteiger partial charge is 0.313 e. The minimum absolute atomic E-state index is 0.547. The summed E-state index contributed by atoms with van der Waals surface area (Å²) in [4.78, 5) is 23.7. The summed E-state index contributed by atoms with van der Waals surface area (Å²) in [6, 6.07) is 5.79. The maximum absolute atomic E-state index is 11.9. The maximum Gasteiger partial charge on any atom is 0.313 e. The number of rotatable bonds is 4. The molecule has 4 nitrogen and oxygen atoms in total. The Morgan fingerprint density at radius 3 is 2.57 bits per heavy atom. The normalized spacial score (nSPS) is 15.0. The first-order chi connectivity index (χ1) is 10.1. The lowest BCUT2D eigenvalue weighted by Gasteiger charge is -2.11. The molecular formula is C17H24N2O2. The van der Waals surface area contributed by atoms with Gasteiger partial charge in [-0.05, 0) is 43.4 Å². The summed E-state index contributed by atoms with van der Waals surface area (Å²) < 4.78 is 0. The molecule has 114 valence electrons. The molecule has 21 heavy (non-hydrogen) atoms. The molecule has 0 unspecified atom stereocenters. The first kappa shape index (κ1) is 15.5. The van der Waals surface area contributed by atoms with Crippen molar-refractivity contribution in [1.82, 2.24) is 5.32 Å². The standard InChI is InChI=1S/C17H24N2O2/c1-12-7-8-13(2)15(11-12)19-17(21)16(20)18-10-9-14-5-3-4-6-14/h7-8,11,14H,3-6,9-10H2,1-2H3,(H,18,20)(H,19,21). The summed E-state index contributed by atoms with van der Waals surface area (Å²) in [5, 5.41) is 5.39. The van der Waals surface area contributed by atoms with Crippen LogP contribution in [0.5, 0.6) is 0 Å². The van der Waals surface area contributed by atoms with E-state index < -0.39 is 11.8 Å². The number of hydrogen-bond acceptors (Lipinski definition) is 2. The second kappa shape index (κ2) is 7.25. The van der Waals surface area contributed by atoms with Crippen molar-refractivity contribution in [2.75, 3.05) is 11.9 Å². The molecule has 4 heteroatoms. The maximum atomic E-state index is 11.9. The Kier molecular flexibility index (Phi) is 5.37. The van der Waals surface area contributed by atoms with E-state index in [0.717, 1.165) is 17.5 Å². The Balaban J connectivity index is 1.79. The number of hydrogen-bond donors (Lipinski definition) is 2. The van der Waals surface area contributed by atoms with Crippen LogP contribution in [0.4, 0.5) is 5.69 Å². The van der Waals surface area contributed by atoms with Gasteiger partial charge in [0.15, 0.2) is 0 Å². The summed E-state index contributed by atoms with van der Waals surface area (Å²) in [5.74, 6) is -0.420. The van der Waals surface area contributed by atoms with Gasteiger partial charge >= 0.3 is 11.8 Å². The predicted octanol–water partition coefficient (Wildman–Crippen LogP) is 2.94. The highest BCUT2D eigenvalue weighted by Gasteiger charge is 2.17. The van der Waals surface area contributed by atoms with Gasteiger partial charge < -0.3 is 10.6 Å². The van der Waals surface area contributed by atoms with E-state index in [1.165, 1.54) is 25.7 Å². The Labute approximate surface area is 126 Å². The molecule has 1 aliphatic carbocycles. The molecule has 0 saturated heterocycles. The Bertz CT molecular complexity index is 520. The van der Waals surface area contributed by atoms with Crippen molar-refractivity contribution in [3.63, 3.8) is 0 Å². The third-order valence-electron chi connectivity index (χ3n) is 4.16. The molecule has 0 aliphatic heterocycles. The van der Waals surface area contributed by atoms with Crippen LogP contribution in [0.2, 0.25) is 0 Å². The topological polar surface area (TPSA) is 58.2 Å². The number of nitrogens with one attached hydrogen (secondary N) is 2. The van der Waals surface area contributed by atoms with E-state index in [4.69, 9.17) is 0 Å². The van der Waals surface area contributed by atoms with E-state index in [0.29, 0.717) is 18.2 Å². The van der Waals surface area contributed by atoms with Gasteiger partial charge in [-0.3, -0.25) is 9.59 Å². The number of aryl methyl sites for hydroxylation is 2. The molecule has 1 fully saturated rings. The molecule has 1 saturated carbocycles. The molecule has 2 amide bonds. The quantitative estimate of drug-likeness (QED) is 0.837. The van der Waals surface area contributed by atoms with Crippen LogP contribution in [0, 0.1) is 19.8 Å². The van der Waals surface area contributed by atoms with Crippen molar-refractivity contribution >= 4 is 17.5 Å². The molecule has 2 rings (SSSR count). The lowest BCUT2D eigenvalue weighted by molar-refractivity contribution is -0.136. The fourth-order valence-electron chi connectivity index (χ4n) is 2.82. The zero-order valence-corrected chi connectivity index (χ0v) is 12.9. The van der Waals surface area contributed by atoms with E-state index in [1.54, 1.807) is 0 Å². The van der Waals surface area contributed by atoms with E-state index in [9.17, 15) is 9.59 Å². The summed E-state index contributed by atoms with van der Waals surface area (Å²) in [6.07, 6.45) is 6.08. The van der Waals surface area contributed by atoms with Crippen molar-refractivity contribution in [3.8, 4) is 0 Å². The number of carbonyl (C=O) groups excluding carboxylic acids is 2. The molecule has 1 aliphatic rings. The van der Waals surface area contributed by atoms with Crippen LogP contribution in [0.15, 0.2) is 18.2 Å². The zero-order chi connectivity index (χ0) is 15.2. The Morgan fingerprint density at radius 1 is 1.14 bits per heavy atom. The SMILES string of the molecule is Cc1ccc(C)c(NC(=O)C(=O)NCCC2CCCC2)c1. The highest BCUT2D eigenvalue weighted by molar-refractivity contribution is 6.39. The van der Waals surface area contributed by atoms with Crippen LogP contribution in [-0.4, -0.2) is 18.4 Å². The van der Waals surface area contributed by atoms with Crippen LogP contribution >= 0.6 is 0 Å². The molecular weight excluding hydrogens is 264 g/mol. The molecule has 0 radical (unpaired) electrons.